The molecular formula is C22H25N3O6S. The van der Waals surface area contributed by atoms with Crippen molar-refractivity contribution in [2.75, 3.05) is 25.1 Å². The Bertz CT molecular complexity index is 998. The number of aryl methyl sites for hydroxylation is 1. The molecule has 0 unspecified atom stereocenters. The Morgan fingerprint density at radius 1 is 1.19 bits per heavy atom. The van der Waals surface area contributed by atoms with Crippen molar-refractivity contribution < 1.29 is 24.0 Å². The Morgan fingerprint density at radius 3 is 2.69 bits per heavy atom. The molecule has 2 N–H and O–H groups in total. The maximum absolute atomic E-state index is 13.0. The average molecular weight is 460 g/mol. The maximum Gasteiger partial charge on any atom is 0.269 e. The van der Waals surface area contributed by atoms with Crippen LogP contribution in [0.5, 0.6) is 5.75 Å². The minimum Gasteiger partial charge on any atom is -0.484 e. The number of fused-ring (bicyclic) bond motifs is 1. The zero-order chi connectivity index (χ0) is 22.5. The van der Waals surface area contributed by atoms with Crippen LogP contribution in [-0.2, 0) is 22.4 Å². The van der Waals surface area contributed by atoms with E-state index in [1.807, 2.05) is 0 Å². The number of hydrogen-bond acceptors (Lipinski definition) is 7. The van der Waals surface area contributed by atoms with E-state index in [9.17, 15) is 19.7 Å². The number of amides is 2. The highest BCUT2D eigenvalue weighted by Crippen LogP contribution is 2.38. The van der Waals surface area contributed by atoms with E-state index in [2.05, 4.69) is 10.6 Å². The second-order valence-corrected chi connectivity index (χ2v) is 8.95. The normalized spacial score (nSPS) is 17.4. The van der Waals surface area contributed by atoms with Crippen LogP contribution >= 0.6 is 11.3 Å². The van der Waals surface area contributed by atoms with Gasteiger partial charge in [-0.2, -0.15) is 0 Å². The van der Waals surface area contributed by atoms with Crippen LogP contribution in [0.4, 0.5) is 10.7 Å². The van der Waals surface area contributed by atoms with Crippen molar-refractivity contribution in [3.63, 3.8) is 0 Å². The van der Waals surface area contributed by atoms with E-state index in [1.54, 1.807) is 0 Å². The van der Waals surface area contributed by atoms with E-state index in [-0.39, 0.29) is 24.3 Å². The summed E-state index contributed by atoms with van der Waals surface area (Å²) in [6, 6.07) is 5.52. The van der Waals surface area contributed by atoms with Gasteiger partial charge in [-0.1, -0.05) is 0 Å². The van der Waals surface area contributed by atoms with E-state index >= 15 is 0 Å². The van der Waals surface area contributed by atoms with Crippen molar-refractivity contribution >= 4 is 33.8 Å². The van der Waals surface area contributed by atoms with Crippen molar-refractivity contribution in [2.24, 2.45) is 0 Å². The summed E-state index contributed by atoms with van der Waals surface area (Å²) in [5.41, 5.74) is 1.52. The molecule has 1 aromatic heterocycles. The average Bonchev–Trinajstić information content (AvgIpc) is 3.44. The molecule has 2 aromatic rings. The van der Waals surface area contributed by atoms with Gasteiger partial charge in [-0.3, -0.25) is 19.7 Å². The predicted octanol–water partition coefficient (Wildman–Crippen LogP) is 3.46. The second-order valence-electron chi connectivity index (χ2n) is 7.85. The van der Waals surface area contributed by atoms with Gasteiger partial charge in [0, 0.05) is 30.2 Å². The Hall–Kier alpha value is -2.98. The molecule has 1 atom stereocenters. The van der Waals surface area contributed by atoms with Gasteiger partial charge < -0.3 is 20.1 Å². The predicted molar refractivity (Wildman–Crippen MR) is 119 cm³/mol. The summed E-state index contributed by atoms with van der Waals surface area (Å²) in [4.78, 5) is 36.9. The quantitative estimate of drug-likeness (QED) is 0.461. The molecule has 2 heterocycles. The first kappa shape index (κ1) is 22.2. The van der Waals surface area contributed by atoms with Crippen molar-refractivity contribution in [1.82, 2.24) is 5.32 Å². The van der Waals surface area contributed by atoms with Gasteiger partial charge >= 0.3 is 0 Å². The van der Waals surface area contributed by atoms with Crippen molar-refractivity contribution in [2.45, 2.75) is 44.6 Å². The molecule has 1 aliphatic heterocycles. The zero-order valence-electron chi connectivity index (χ0n) is 17.6. The monoisotopic (exact) mass is 459 g/mol. The molecule has 170 valence electrons. The summed E-state index contributed by atoms with van der Waals surface area (Å²) in [6.07, 6.45) is 5.80. The molecule has 2 aliphatic rings. The number of nitro groups is 1. The maximum atomic E-state index is 13.0. The van der Waals surface area contributed by atoms with Gasteiger partial charge in [-0.25, -0.2) is 0 Å². The summed E-state index contributed by atoms with van der Waals surface area (Å²) in [6.45, 7) is 0.919. The van der Waals surface area contributed by atoms with E-state index in [0.29, 0.717) is 22.9 Å². The van der Waals surface area contributed by atoms with Crippen LogP contribution in [0.2, 0.25) is 0 Å². The highest BCUT2D eigenvalue weighted by molar-refractivity contribution is 7.17. The fourth-order valence-electron chi connectivity index (χ4n) is 3.97. The second kappa shape index (κ2) is 10.1. The molecule has 1 aliphatic carbocycles. The molecule has 0 radical (unpaired) electrons. The molecular weight excluding hydrogens is 434 g/mol. The van der Waals surface area contributed by atoms with Crippen molar-refractivity contribution in [3.05, 3.63) is 50.4 Å². The number of non-ortho nitro benzene ring substituents is 1. The molecule has 0 spiro atoms. The van der Waals surface area contributed by atoms with Crippen molar-refractivity contribution in [3.8, 4) is 5.75 Å². The largest absolute Gasteiger partial charge is 0.484 e. The van der Waals surface area contributed by atoms with Crippen LogP contribution in [0.3, 0.4) is 0 Å². The molecule has 2 amide bonds. The number of nitrogens with zero attached hydrogens (tertiary/aromatic N) is 1. The third-order valence-electron chi connectivity index (χ3n) is 5.58. The van der Waals surface area contributed by atoms with Crippen LogP contribution in [0, 0.1) is 10.1 Å². The number of benzene rings is 1. The summed E-state index contributed by atoms with van der Waals surface area (Å²) in [7, 11) is 0. The number of nitro benzene ring substituents is 1. The van der Waals surface area contributed by atoms with Gasteiger partial charge in [0.25, 0.3) is 17.5 Å². The number of anilines is 1. The summed E-state index contributed by atoms with van der Waals surface area (Å²) in [5.74, 6) is -0.229. The smallest absolute Gasteiger partial charge is 0.269 e. The number of ether oxygens (including phenoxy) is 2. The van der Waals surface area contributed by atoms with Gasteiger partial charge in [0.15, 0.2) is 6.61 Å². The van der Waals surface area contributed by atoms with Crippen LogP contribution in [-0.4, -0.2) is 42.6 Å². The van der Waals surface area contributed by atoms with E-state index in [4.69, 9.17) is 9.47 Å². The highest BCUT2D eigenvalue weighted by Gasteiger charge is 2.27. The lowest BCUT2D eigenvalue weighted by molar-refractivity contribution is -0.384. The molecule has 1 aromatic carbocycles. The van der Waals surface area contributed by atoms with Crippen LogP contribution in [0.25, 0.3) is 0 Å². The fraction of sp³-hybridized carbons (Fsp3) is 0.455. The lowest BCUT2D eigenvalue weighted by Crippen LogP contribution is -2.33. The molecule has 32 heavy (non-hydrogen) atoms. The fourth-order valence-corrected chi connectivity index (χ4v) is 5.27. The number of carbonyl (C=O) groups excluding carboxylic acids is 2. The van der Waals surface area contributed by atoms with Crippen molar-refractivity contribution in [1.29, 1.82) is 0 Å². The number of carbonyl (C=O) groups is 2. The zero-order valence-corrected chi connectivity index (χ0v) is 18.4. The number of rotatable bonds is 8. The summed E-state index contributed by atoms with van der Waals surface area (Å²) < 4.78 is 11.0. The van der Waals surface area contributed by atoms with Gasteiger partial charge in [-0.15, -0.1) is 11.3 Å². The first-order valence-corrected chi connectivity index (χ1v) is 11.5. The number of hydrogen-bond donors (Lipinski definition) is 2. The van der Waals surface area contributed by atoms with Gasteiger partial charge in [0.2, 0.25) is 0 Å². The van der Waals surface area contributed by atoms with Crippen LogP contribution in [0.15, 0.2) is 24.3 Å². The molecule has 1 saturated heterocycles. The summed E-state index contributed by atoms with van der Waals surface area (Å²) >= 11 is 1.45. The lowest BCUT2D eigenvalue weighted by atomic mass is 9.95. The molecule has 1 fully saturated rings. The number of thiophene rings is 1. The Labute approximate surface area is 189 Å². The third kappa shape index (κ3) is 5.25. The Morgan fingerprint density at radius 2 is 1.97 bits per heavy atom. The van der Waals surface area contributed by atoms with Crippen LogP contribution in [0.1, 0.15) is 46.5 Å². The minimum atomic E-state index is -0.500. The molecule has 10 heteroatoms. The third-order valence-corrected chi connectivity index (χ3v) is 6.79. The van der Waals surface area contributed by atoms with Crippen LogP contribution < -0.4 is 15.4 Å². The van der Waals surface area contributed by atoms with Gasteiger partial charge in [0.05, 0.1) is 16.6 Å². The van der Waals surface area contributed by atoms with E-state index in [1.165, 1.54) is 35.6 Å². The standard InChI is InChI=1S/C22H25N3O6S/c26-19(13-31-15-9-7-14(8-10-15)25(28)29)24-22-20(17-5-1-2-6-18(17)32-22)21(27)23-12-16-4-3-11-30-16/h7-10,16H,1-6,11-13H2,(H,23,27)(H,24,26)/t16-/m1/s1. The molecule has 0 bridgehead atoms. The Kier molecular flexibility index (Phi) is 7.01. The van der Waals surface area contributed by atoms with E-state index in [0.717, 1.165) is 55.6 Å². The number of nitrogens with one attached hydrogen (secondary N) is 2. The Balaban J connectivity index is 1.41. The molecule has 0 saturated carbocycles. The van der Waals surface area contributed by atoms with E-state index < -0.39 is 10.8 Å². The topological polar surface area (TPSA) is 120 Å². The summed E-state index contributed by atoms with van der Waals surface area (Å²) in [5, 5.41) is 17.1. The first-order valence-electron chi connectivity index (χ1n) is 10.7. The molecule has 9 nitrogen and oxygen atoms in total. The minimum absolute atomic E-state index is 0.0431. The highest BCUT2D eigenvalue weighted by atomic mass is 32.1. The molecule has 4 rings (SSSR count). The van der Waals surface area contributed by atoms with Gasteiger partial charge in [0.1, 0.15) is 10.8 Å². The first-order chi connectivity index (χ1) is 15.5. The lowest BCUT2D eigenvalue weighted by Gasteiger charge is -2.15. The van der Waals surface area contributed by atoms with Gasteiger partial charge in [-0.05, 0) is 56.2 Å². The SMILES string of the molecule is O=C(COc1ccc([N+](=O)[O-])cc1)Nc1sc2c(c1C(=O)NC[C@H]1CCCO1)CCCC2.